The Kier molecular flexibility index (Phi) is 4.45. The molecule has 6 nitrogen and oxygen atoms in total. The zero-order valence-electron chi connectivity index (χ0n) is 9.82. The molecule has 0 radical (unpaired) electrons. The van der Waals surface area contributed by atoms with Crippen molar-refractivity contribution < 1.29 is 9.72 Å². The first kappa shape index (κ1) is 13.0. The molecule has 0 bridgehead atoms. The minimum absolute atomic E-state index is 0.0920. The van der Waals surface area contributed by atoms with Gasteiger partial charge in [-0.3, -0.25) is 14.9 Å². The molecular weight excluding hydrogens is 222 g/mol. The molecule has 0 atom stereocenters. The SMILES string of the molecule is CCCNC(=O)c1cc([N+](=O)[O-])ccc1NC. The summed E-state index contributed by atoms with van der Waals surface area (Å²) in [5, 5.41) is 16.2. The summed E-state index contributed by atoms with van der Waals surface area (Å²) in [4.78, 5) is 21.9. The van der Waals surface area contributed by atoms with E-state index in [1.54, 1.807) is 7.05 Å². The Balaban J connectivity index is 3.05. The van der Waals surface area contributed by atoms with Gasteiger partial charge in [0.05, 0.1) is 10.5 Å². The number of nitrogens with one attached hydrogen (secondary N) is 2. The second-order valence-electron chi connectivity index (χ2n) is 3.49. The molecule has 0 saturated heterocycles. The highest BCUT2D eigenvalue weighted by Crippen LogP contribution is 2.21. The summed E-state index contributed by atoms with van der Waals surface area (Å²) in [5.41, 5.74) is 0.769. The lowest BCUT2D eigenvalue weighted by Crippen LogP contribution is -2.24. The van der Waals surface area contributed by atoms with E-state index in [0.717, 1.165) is 6.42 Å². The van der Waals surface area contributed by atoms with Crippen LogP contribution in [0, 0.1) is 10.1 Å². The van der Waals surface area contributed by atoms with Crippen LogP contribution in [0.5, 0.6) is 0 Å². The third-order valence-electron chi connectivity index (χ3n) is 2.26. The average Bonchev–Trinajstić information content (AvgIpc) is 2.34. The number of hydrogen-bond donors (Lipinski definition) is 2. The van der Waals surface area contributed by atoms with Gasteiger partial charge >= 0.3 is 0 Å². The van der Waals surface area contributed by atoms with Gasteiger partial charge in [-0.2, -0.15) is 0 Å². The molecule has 0 spiro atoms. The Morgan fingerprint density at radius 3 is 2.71 bits per heavy atom. The number of benzene rings is 1. The first-order chi connectivity index (χ1) is 8.10. The molecule has 2 N–H and O–H groups in total. The zero-order valence-corrected chi connectivity index (χ0v) is 9.82. The van der Waals surface area contributed by atoms with Gasteiger partial charge in [0.1, 0.15) is 0 Å². The summed E-state index contributed by atoms with van der Waals surface area (Å²) in [5.74, 6) is -0.306. The zero-order chi connectivity index (χ0) is 12.8. The van der Waals surface area contributed by atoms with Crippen molar-refractivity contribution in [2.24, 2.45) is 0 Å². The van der Waals surface area contributed by atoms with Crippen molar-refractivity contribution in [2.75, 3.05) is 18.9 Å². The lowest BCUT2D eigenvalue weighted by Gasteiger charge is -2.08. The van der Waals surface area contributed by atoms with Crippen molar-refractivity contribution in [3.63, 3.8) is 0 Å². The van der Waals surface area contributed by atoms with E-state index in [9.17, 15) is 14.9 Å². The monoisotopic (exact) mass is 237 g/mol. The van der Waals surface area contributed by atoms with Crippen LogP contribution in [0.15, 0.2) is 18.2 Å². The van der Waals surface area contributed by atoms with Crippen molar-refractivity contribution in [1.29, 1.82) is 0 Å². The number of nitro groups is 1. The number of hydrogen-bond acceptors (Lipinski definition) is 4. The molecule has 0 aliphatic carbocycles. The van der Waals surface area contributed by atoms with Gasteiger partial charge < -0.3 is 10.6 Å². The van der Waals surface area contributed by atoms with Crippen LogP contribution in [-0.4, -0.2) is 24.4 Å². The maximum absolute atomic E-state index is 11.8. The molecule has 0 aliphatic heterocycles. The molecule has 1 aromatic rings. The molecule has 0 saturated carbocycles. The fourth-order valence-corrected chi connectivity index (χ4v) is 1.39. The second-order valence-corrected chi connectivity index (χ2v) is 3.49. The standard InChI is InChI=1S/C11H15N3O3/c1-3-6-13-11(15)9-7-8(14(16)17)4-5-10(9)12-2/h4-5,7,12H,3,6H2,1-2H3,(H,13,15). The molecule has 0 fully saturated rings. The van der Waals surface area contributed by atoms with Crippen LogP contribution in [0.1, 0.15) is 23.7 Å². The molecule has 6 heteroatoms. The summed E-state index contributed by atoms with van der Waals surface area (Å²) in [6.45, 7) is 2.48. The summed E-state index contributed by atoms with van der Waals surface area (Å²) in [7, 11) is 1.66. The molecule has 0 heterocycles. The fraction of sp³-hybridized carbons (Fsp3) is 0.364. The van der Waals surface area contributed by atoms with Crippen LogP contribution in [0.3, 0.4) is 0 Å². The maximum atomic E-state index is 11.8. The summed E-state index contributed by atoms with van der Waals surface area (Å²) >= 11 is 0. The largest absolute Gasteiger partial charge is 0.387 e. The highest BCUT2D eigenvalue weighted by atomic mass is 16.6. The van der Waals surface area contributed by atoms with Crippen molar-refractivity contribution in [3.05, 3.63) is 33.9 Å². The van der Waals surface area contributed by atoms with E-state index in [1.807, 2.05) is 6.92 Å². The van der Waals surface area contributed by atoms with Crippen LogP contribution >= 0.6 is 0 Å². The van der Waals surface area contributed by atoms with Gasteiger partial charge in [0, 0.05) is 31.4 Å². The highest BCUT2D eigenvalue weighted by Gasteiger charge is 2.15. The summed E-state index contributed by atoms with van der Waals surface area (Å²) in [6.07, 6.45) is 0.815. The van der Waals surface area contributed by atoms with Crippen LogP contribution in [-0.2, 0) is 0 Å². The molecular formula is C11H15N3O3. The fourth-order valence-electron chi connectivity index (χ4n) is 1.39. The Morgan fingerprint density at radius 1 is 1.47 bits per heavy atom. The number of nitrogens with zero attached hydrogens (tertiary/aromatic N) is 1. The number of rotatable bonds is 5. The van der Waals surface area contributed by atoms with Crippen molar-refractivity contribution in [1.82, 2.24) is 5.32 Å². The van der Waals surface area contributed by atoms with E-state index in [2.05, 4.69) is 10.6 Å². The quantitative estimate of drug-likeness (QED) is 0.603. The molecule has 1 aromatic carbocycles. The minimum atomic E-state index is -0.518. The third kappa shape index (κ3) is 3.17. The molecule has 1 amide bonds. The number of nitro benzene ring substituents is 1. The predicted molar refractivity (Wildman–Crippen MR) is 65.3 cm³/mol. The second kappa shape index (κ2) is 5.83. The van der Waals surface area contributed by atoms with E-state index < -0.39 is 4.92 Å². The molecule has 17 heavy (non-hydrogen) atoms. The van der Waals surface area contributed by atoms with E-state index >= 15 is 0 Å². The van der Waals surface area contributed by atoms with Crippen molar-refractivity contribution in [3.8, 4) is 0 Å². The first-order valence-electron chi connectivity index (χ1n) is 5.34. The molecule has 1 rings (SSSR count). The van der Waals surface area contributed by atoms with E-state index in [4.69, 9.17) is 0 Å². The van der Waals surface area contributed by atoms with Gasteiger partial charge in [0.25, 0.3) is 11.6 Å². The Hall–Kier alpha value is -2.11. The molecule has 0 aliphatic rings. The summed E-state index contributed by atoms with van der Waals surface area (Å²) in [6, 6.07) is 4.16. The van der Waals surface area contributed by atoms with Crippen molar-refractivity contribution >= 4 is 17.3 Å². The van der Waals surface area contributed by atoms with Gasteiger partial charge in [-0.05, 0) is 12.5 Å². The predicted octanol–water partition coefficient (Wildman–Crippen LogP) is 1.78. The van der Waals surface area contributed by atoms with Gasteiger partial charge in [-0.25, -0.2) is 0 Å². The highest BCUT2D eigenvalue weighted by molar-refractivity contribution is 6.00. The number of anilines is 1. The lowest BCUT2D eigenvalue weighted by atomic mass is 10.1. The third-order valence-corrected chi connectivity index (χ3v) is 2.26. The Morgan fingerprint density at radius 2 is 2.18 bits per heavy atom. The van der Waals surface area contributed by atoms with Crippen LogP contribution in [0.4, 0.5) is 11.4 Å². The first-order valence-corrected chi connectivity index (χ1v) is 5.34. The van der Waals surface area contributed by atoms with Crippen molar-refractivity contribution in [2.45, 2.75) is 13.3 Å². The number of non-ortho nitro benzene ring substituents is 1. The minimum Gasteiger partial charge on any atom is -0.387 e. The van der Waals surface area contributed by atoms with Gasteiger partial charge in [-0.1, -0.05) is 6.92 Å². The van der Waals surface area contributed by atoms with E-state index in [0.29, 0.717) is 12.2 Å². The number of amides is 1. The Bertz CT molecular complexity index is 432. The van der Waals surface area contributed by atoms with E-state index in [1.165, 1.54) is 18.2 Å². The van der Waals surface area contributed by atoms with Crippen LogP contribution in [0.25, 0.3) is 0 Å². The molecule has 92 valence electrons. The average molecular weight is 237 g/mol. The number of carbonyl (C=O) groups is 1. The maximum Gasteiger partial charge on any atom is 0.270 e. The summed E-state index contributed by atoms with van der Waals surface area (Å²) < 4.78 is 0. The normalized spacial score (nSPS) is 9.76. The van der Waals surface area contributed by atoms with Gasteiger partial charge in [0.2, 0.25) is 0 Å². The van der Waals surface area contributed by atoms with E-state index in [-0.39, 0.29) is 17.2 Å². The van der Waals surface area contributed by atoms with Crippen LogP contribution < -0.4 is 10.6 Å². The molecule has 0 aromatic heterocycles. The van der Waals surface area contributed by atoms with Crippen LogP contribution in [0.2, 0.25) is 0 Å². The smallest absolute Gasteiger partial charge is 0.270 e. The van der Waals surface area contributed by atoms with Gasteiger partial charge in [0.15, 0.2) is 0 Å². The lowest BCUT2D eigenvalue weighted by molar-refractivity contribution is -0.384. The topological polar surface area (TPSA) is 84.3 Å². The Labute approximate surface area is 99.2 Å². The number of carbonyl (C=O) groups excluding carboxylic acids is 1. The molecule has 0 unspecified atom stereocenters. The van der Waals surface area contributed by atoms with Gasteiger partial charge in [-0.15, -0.1) is 0 Å².